The molecule has 0 saturated heterocycles. The molecule has 1 unspecified atom stereocenters. The lowest BCUT2D eigenvalue weighted by molar-refractivity contribution is -0.130. The van der Waals surface area contributed by atoms with E-state index in [1.165, 1.54) is 12.8 Å². The Balaban J connectivity index is 2.53. The number of hydrogen-bond donors (Lipinski definition) is 1. The molecular weight excluding hydrogens is 301 g/mol. The highest BCUT2D eigenvalue weighted by Crippen LogP contribution is 2.37. The van der Waals surface area contributed by atoms with Crippen molar-refractivity contribution in [1.29, 1.82) is 0 Å². The molecule has 1 N–H and O–H groups in total. The summed E-state index contributed by atoms with van der Waals surface area (Å²) in [4.78, 5) is 12.1. The lowest BCUT2D eigenvalue weighted by Crippen LogP contribution is -2.46. The fraction of sp³-hybridized carbons (Fsp3) is 0.917. The van der Waals surface area contributed by atoms with Gasteiger partial charge in [-0.1, -0.05) is 56.2 Å². The molecule has 0 bridgehead atoms. The maximum absolute atomic E-state index is 12.1. The van der Waals surface area contributed by atoms with Gasteiger partial charge in [0, 0.05) is 15.9 Å². The fourth-order valence-electron chi connectivity index (χ4n) is 2.11. The first-order valence-corrected chi connectivity index (χ1v) is 7.39. The monoisotopic (exact) mass is 323 g/mol. The molecule has 1 atom stereocenters. The number of amides is 1. The summed E-state index contributed by atoms with van der Waals surface area (Å²) in [7, 11) is 0. The highest BCUT2D eigenvalue weighted by atomic mass is 127. The van der Waals surface area contributed by atoms with E-state index < -0.39 is 0 Å². The minimum atomic E-state index is -0.0844. The van der Waals surface area contributed by atoms with Crippen molar-refractivity contribution in [1.82, 2.24) is 5.32 Å². The predicted molar refractivity (Wildman–Crippen MR) is 72.2 cm³/mol. The molecule has 3 heteroatoms. The highest BCUT2D eigenvalue weighted by molar-refractivity contribution is 14.1. The van der Waals surface area contributed by atoms with Crippen LogP contribution in [-0.4, -0.2) is 16.4 Å². The molecule has 0 spiro atoms. The minimum Gasteiger partial charge on any atom is -0.352 e. The Bertz CT molecular complexity index is 222. The number of rotatable bonds is 4. The van der Waals surface area contributed by atoms with Crippen LogP contribution < -0.4 is 5.32 Å². The van der Waals surface area contributed by atoms with Crippen LogP contribution >= 0.6 is 22.6 Å². The summed E-state index contributed by atoms with van der Waals surface area (Å²) in [6.07, 6.45) is 4.54. The van der Waals surface area contributed by atoms with Gasteiger partial charge in [0.25, 0.3) is 0 Å². The van der Waals surface area contributed by atoms with Gasteiger partial charge >= 0.3 is 0 Å². The molecule has 2 nitrogen and oxygen atoms in total. The molecule has 0 aliphatic heterocycles. The first-order valence-electron chi connectivity index (χ1n) is 5.86. The summed E-state index contributed by atoms with van der Waals surface area (Å²) in [5.41, 5.74) is -0.0844. The normalized spacial score (nSPS) is 21.7. The average Bonchev–Trinajstić information content (AvgIpc) is 2.61. The molecule has 1 saturated carbocycles. The van der Waals surface area contributed by atoms with E-state index in [2.05, 4.69) is 48.7 Å². The highest BCUT2D eigenvalue weighted by Gasteiger charge is 2.37. The molecule has 1 aliphatic rings. The number of alkyl halides is 1. The van der Waals surface area contributed by atoms with E-state index in [0.717, 1.165) is 17.3 Å². The van der Waals surface area contributed by atoms with Gasteiger partial charge in [-0.15, -0.1) is 0 Å². The number of carbonyl (C=O) groups is 1. The number of carbonyl (C=O) groups excluding carboxylic acids is 1. The Morgan fingerprint density at radius 2 is 1.93 bits per heavy atom. The maximum atomic E-state index is 12.1. The Labute approximate surface area is 107 Å². The molecule has 1 aliphatic carbocycles. The van der Waals surface area contributed by atoms with Crippen LogP contribution in [0.4, 0.5) is 0 Å². The summed E-state index contributed by atoms with van der Waals surface area (Å²) in [6, 6.07) is 0.329. The quantitative estimate of drug-likeness (QED) is 0.625. The summed E-state index contributed by atoms with van der Waals surface area (Å²) in [5, 5.41) is 3.20. The Kier molecular flexibility index (Phi) is 4.87. The molecule has 0 aromatic rings. The first-order chi connectivity index (χ1) is 6.99. The summed E-state index contributed by atoms with van der Waals surface area (Å²) in [6.45, 7) is 6.45. The van der Waals surface area contributed by atoms with Crippen molar-refractivity contribution in [3.63, 3.8) is 0 Å². The van der Waals surface area contributed by atoms with Crippen molar-refractivity contribution in [3.8, 4) is 0 Å². The second-order valence-corrected chi connectivity index (χ2v) is 6.13. The van der Waals surface area contributed by atoms with E-state index in [9.17, 15) is 4.79 Å². The van der Waals surface area contributed by atoms with Crippen molar-refractivity contribution in [2.45, 2.75) is 52.5 Å². The maximum Gasteiger partial charge on any atom is 0.226 e. The van der Waals surface area contributed by atoms with Crippen LogP contribution in [0.1, 0.15) is 46.5 Å². The van der Waals surface area contributed by atoms with E-state index in [-0.39, 0.29) is 11.3 Å². The summed E-state index contributed by atoms with van der Waals surface area (Å²) in [5.74, 6) is 0.797. The van der Waals surface area contributed by atoms with Crippen LogP contribution in [0.2, 0.25) is 0 Å². The Morgan fingerprint density at radius 3 is 2.33 bits per heavy atom. The van der Waals surface area contributed by atoms with Gasteiger partial charge in [0.15, 0.2) is 0 Å². The van der Waals surface area contributed by atoms with Crippen LogP contribution in [-0.2, 0) is 4.79 Å². The predicted octanol–water partition coefficient (Wildman–Crippen LogP) is 3.14. The van der Waals surface area contributed by atoms with Crippen LogP contribution in [0.5, 0.6) is 0 Å². The van der Waals surface area contributed by atoms with E-state index in [0.29, 0.717) is 12.0 Å². The van der Waals surface area contributed by atoms with E-state index in [4.69, 9.17) is 0 Å². The molecule has 0 aromatic carbocycles. The lowest BCUT2D eigenvalue weighted by atomic mass is 9.87. The number of nitrogens with one attached hydrogen (secondary N) is 1. The van der Waals surface area contributed by atoms with Crippen molar-refractivity contribution < 1.29 is 4.79 Å². The van der Waals surface area contributed by atoms with Crippen molar-refractivity contribution >= 4 is 28.5 Å². The molecule has 0 aromatic heterocycles. The van der Waals surface area contributed by atoms with Crippen LogP contribution in [0.25, 0.3) is 0 Å². The first kappa shape index (κ1) is 13.3. The molecular formula is C12H22INO. The number of hydrogen-bond acceptors (Lipinski definition) is 1. The van der Waals surface area contributed by atoms with Crippen molar-refractivity contribution in [2.75, 3.05) is 4.43 Å². The molecule has 1 amide bonds. The third-order valence-corrected chi connectivity index (χ3v) is 4.49. The van der Waals surface area contributed by atoms with Crippen molar-refractivity contribution in [2.24, 2.45) is 11.3 Å². The van der Waals surface area contributed by atoms with E-state index in [1.54, 1.807) is 0 Å². The van der Waals surface area contributed by atoms with Crippen LogP contribution in [0, 0.1) is 11.3 Å². The van der Waals surface area contributed by atoms with Gasteiger partial charge in [0.2, 0.25) is 5.91 Å². The molecule has 15 heavy (non-hydrogen) atoms. The van der Waals surface area contributed by atoms with Gasteiger partial charge in [0.1, 0.15) is 0 Å². The zero-order valence-electron chi connectivity index (χ0n) is 9.98. The second kappa shape index (κ2) is 5.51. The van der Waals surface area contributed by atoms with Crippen LogP contribution in [0.15, 0.2) is 0 Å². The van der Waals surface area contributed by atoms with E-state index >= 15 is 0 Å². The minimum absolute atomic E-state index is 0.0844. The van der Waals surface area contributed by atoms with E-state index in [1.807, 2.05) is 0 Å². The Morgan fingerprint density at radius 1 is 1.40 bits per heavy atom. The largest absolute Gasteiger partial charge is 0.352 e. The second-order valence-electron chi connectivity index (χ2n) is 5.25. The van der Waals surface area contributed by atoms with Gasteiger partial charge in [-0.2, -0.15) is 0 Å². The zero-order valence-corrected chi connectivity index (χ0v) is 12.1. The number of halogens is 1. The third kappa shape index (κ3) is 3.33. The molecule has 0 heterocycles. The summed E-state index contributed by atoms with van der Waals surface area (Å²) < 4.78 is 0.997. The molecule has 1 fully saturated rings. The summed E-state index contributed by atoms with van der Waals surface area (Å²) >= 11 is 2.35. The van der Waals surface area contributed by atoms with Gasteiger partial charge < -0.3 is 5.32 Å². The lowest BCUT2D eigenvalue weighted by Gasteiger charge is -2.27. The Hall–Kier alpha value is 0.200. The molecule has 88 valence electrons. The van der Waals surface area contributed by atoms with Crippen molar-refractivity contribution in [3.05, 3.63) is 0 Å². The van der Waals surface area contributed by atoms with Gasteiger partial charge in [-0.25, -0.2) is 0 Å². The standard InChI is InChI=1S/C12H22INO/c1-9(2)10(8-13)14-11(15)12(3)6-4-5-7-12/h9-10H,4-8H2,1-3H3,(H,14,15). The topological polar surface area (TPSA) is 29.1 Å². The SMILES string of the molecule is CC(C)C(CI)NC(=O)C1(C)CCCC1. The third-order valence-electron chi connectivity index (χ3n) is 3.54. The molecule has 1 rings (SSSR count). The van der Waals surface area contributed by atoms with Gasteiger partial charge in [0.05, 0.1) is 0 Å². The smallest absolute Gasteiger partial charge is 0.226 e. The van der Waals surface area contributed by atoms with Gasteiger partial charge in [-0.05, 0) is 18.8 Å². The average molecular weight is 323 g/mol. The fourth-order valence-corrected chi connectivity index (χ4v) is 3.35. The van der Waals surface area contributed by atoms with Crippen LogP contribution in [0.3, 0.4) is 0 Å². The zero-order chi connectivity index (χ0) is 11.5. The molecule has 0 radical (unpaired) electrons. The van der Waals surface area contributed by atoms with Gasteiger partial charge in [-0.3, -0.25) is 4.79 Å².